The Morgan fingerprint density at radius 2 is 2.44 bits per heavy atom. The molecule has 0 amide bonds. The van der Waals surface area contributed by atoms with Crippen LogP contribution in [0.2, 0.25) is 5.15 Å². The van der Waals surface area contributed by atoms with E-state index in [0.717, 1.165) is 11.6 Å². The van der Waals surface area contributed by atoms with Crippen molar-refractivity contribution in [2.24, 2.45) is 0 Å². The van der Waals surface area contributed by atoms with E-state index in [0.29, 0.717) is 17.0 Å². The summed E-state index contributed by atoms with van der Waals surface area (Å²) in [6.45, 7) is 2.10. The Bertz CT molecular complexity index is 486. The Morgan fingerprint density at radius 1 is 1.62 bits per heavy atom. The van der Waals surface area contributed by atoms with E-state index in [2.05, 4.69) is 33.6 Å². The van der Waals surface area contributed by atoms with Crippen LogP contribution in [-0.4, -0.2) is 37.6 Å². The quantitative estimate of drug-likeness (QED) is 0.849. The zero-order valence-electron chi connectivity index (χ0n) is 9.01. The smallest absolute Gasteiger partial charge is 0.255 e. The van der Waals surface area contributed by atoms with E-state index in [9.17, 15) is 0 Å². The van der Waals surface area contributed by atoms with Gasteiger partial charge >= 0.3 is 0 Å². The van der Waals surface area contributed by atoms with Crippen LogP contribution < -0.4 is 5.32 Å². The third-order valence-electron chi connectivity index (χ3n) is 2.03. The standard InChI is InChI=1S/C9H12ClN5S/c1-6(4-16-2)13-8-3-7(10)14-9-11-5-12-15(8)9/h3,5-6,13H,4H2,1-2H3. The van der Waals surface area contributed by atoms with E-state index in [1.54, 1.807) is 22.3 Å². The second kappa shape index (κ2) is 4.88. The predicted molar refractivity (Wildman–Crippen MR) is 67.3 cm³/mol. The first kappa shape index (κ1) is 11.5. The second-order valence-electron chi connectivity index (χ2n) is 3.44. The largest absolute Gasteiger partial charge is 0.367 e. The van der Waals surface area contributed by atoms with E-state index in [-0.39, 0.29) is 0 Å². The fourth-order valence-corrected chi connectivity index (χ4v) is 2.19. The topological polar surface area (TPSA) is 55.1 Å². The molecule has 0 aliphatic heterocycles. The highest BCUT2D eigenvalue weighted by molar-refractivity contribution is 7.98. The maximum absolute atomic E-state index is 5.90. The van der Waals surface area contributed by atoms with Crippen molar-refractivity contribution in [3.05, 3.63) is 17.5 Å². The highest BCUT2D eigenvalue weighted by atomic mass is 35.5. The van der Waals surface area contributed by atoms with Crippen LogP contribution in [-0.2, 0) is 0 Å². The van der Waals surface area contributed by atoms with E-state index < -0.39 is 0 Å². The summed E-state index contributed by atoms with van der Waals surface area (Å²) in [7, 11) is 0. The van der Waals surface area contributed by atoms with E-state index >= 15 is 0 Å². The molecule has 1 atom stereocenters. The summed E-state index contributed by atoms with van der Waals surface area (Å²) < 4.78 is 1.64. The number of fused-ring (bicyclic) bond motifs is 1. The molecule has 0 saturated heterocycles. The highest BCUT2D eigenvalue weighted by Gasteiger charge is 2.08. The maximum atomic E-state index is 5.90. The molecule has 2 heterocycles. The lowest BCUT2D eigenvalue weighted by atomic mass is 10.4. The number of hydrogen-bond acceptors (Lipinski definition) is 5. The molecule has 2 aromatic heterocycles. The van der Waals surface area contributed by atoms with Gasteiger partial charge in [-0.05, 0) is 13.2 Å². The first-order chi connectivity index (χ1) is 7.70. The van der Waals surface area contributed by atoms with Crippen LogP contribution in [0, 0.1) is 0 Å². The third kappa shape index (κ3) is 2.38. The van der Waals surface area contributed by atoms with Crippen molar-refractivity contribution in [3.8, 4) is 0 Å². The van der Waals surface area contributed by atoms with Gasteiger partial charge in [0.1, 0.15) is 17.3 Å². The molecule has 86 valence electrons. The number of halogens is 1. The first-order valence-electron chi connectivity index (χ1n) is 4.82. The molecule has 0 aliphatic carbocycles. The van der Waals surface area contributed by atoms with Crippen LogP contribution >= 0.6 is 23.4 Å². The molecule has 1 N–H and O–H groups in total. The van der Waals surface area contributed by atoms with Crippen LogP contribution in [0.4, 0.5) is 5.82 Å². The molecule has 16 heavy (non-hydrogen) atoms. The lowest BCUT2D eigenvalue weighted by Gasteiger charge is -2.14. The molecule has 0 aromatic carbocycles. The molecule has 0 fully saturated rings. The van der Waals surface area contributed by atoms with E-state index in [4.69, 9.17) is 11.6 Å². The molecule has 0 aliphatic rings. The highest BCUT2D eigenvalue weighted by Crippen LogP contribution is 2.15. The zero-order valence-corrected chi connectivity index (χ0v) is 10.6. The molecular weight excluding hydrogens is 246 g/mol. The number of hydrogen-bond donors (Lipinski definition) is 1. The number of thioether (sulfide) groups is 1. The van der Waals surface area contributed by atoms with Crippen molar-refractivity contribution in [1.82, 2.24) is 19.6 Å². The Hall–Kier alpha value is -1.01. The van der Waals surface area contributed by atoms with Crippen molar-refractivity contribution < 1.29 is 0 Å². The third-order valence-corrected chi connectivity index (χ3v) is 3.06. The van der Waals surface area contributed by atoms with Crippen molar-refractivity contribution in [1.29, 1.82) is 0 Å². The summed E-state index contributed by atoms with van der Waals surface area (Å²) in [6, 6.07) is 2.08. The van der Waals surface area contributed by atoms with E-state index in [1.165, 1.54) is 6.33 Å². The van der Waals surface area contributed by atoms with Gasteiger partial charge in [-0.15, -0.1) is 0 Å². The van der Waals surface area contributed by atoms with Gasteiger partial charge in [0, 0.05) is 17.9 Å². The monoisotopic (exact) mass is 257 g/mol. The maximum Gasteiger partial charge on any atom is 0.255 e. The van der Waals surface area contributed by atoms with Gasteiger partial charge in [0.2, 0.25) is 0 Å². The Labute approximate surface area is 103 Å². The summed E-state index contributed by atoms with van der Waals surface area (Å²) in [5, 5.41) is 7.83. The fourth-order valence-electron chi connectivity index (χ4n) is 1.43. The summed E-state index contributed by atoms with van der Waals surface area (Å²) in [6.07, 6.45) is 3.53. The molecule has 2 rings (SSSR count). The van der Waals surface area contributed by atoms with Crippen LogP contribution in [0.25, 0.3) is 5.78 Å². The van der Waals surface area contributed by atoms with Gasteiger partial charge in [-0.2, -0.15) is 31.3 Å². The summed E-state index contributed by atoms with van der Waals surface area (Å²) in [5.74, 6) is 2.33. The van der Waals surface area contributed by atoms with Gasteiger partial charge in [0.05, 0.1) is 0 Å². The van der Waals surface area contributed by atoms with Gasteiger partial charge < -0.3 is 5.32 Å². The molecule has 0 bridgehead atoms. The number of anilines is 1. The number of nitrogens with one attached hydrogen (secondary N) is 1. The molecule has 1 unspecified atom stereocenters. The van der Waals surface area contributed by atoms with Crippen LogP contribution in [0.15, 0.2) is 12.4 Å². The first-order valence-corrected chi connectivity index (χ1v) is 6.59. The van der Waals surface area contributed by atoms with Gasteiger partial charge in [-0.3, -0.25) is 0 Å². The molecule has 2 aromatic rings. The van der Waals surface area contributed by atoms with Gasteiger partial charge in [0.15, 0.2) is 0 Å². The summed E-state index contributed by atoms with van der Waals surface area (Å²) in [5.41, 5.74) is 0. The van der Waals surface area contributed by atoms with E-state index in [1.807, 2.05) is 0 Å². The van der Waals surface area contributed by atoms with Crippen molar-refractivity contribution in [2.45, 2.75) is 13.0 Å². The molecule has 7 heteroatoms. The lowest BCUT2D eigenvalue weighted by Crippen LogP contribution is -2.20. The molecule has 5 nitrogen and oxygen atoms in total. The molecule has 0 radical (unpaired) electrons. The van der Waals surface area contributed by atoms with Crippen molar-refractivity contribution >= 4 is 35.0 Å². The summed E-state index contributed by atoms with van der Waals surface area (Å²) >= 11 is 7.69. The van der Waals surface area contributed by atoms with Crippen molar-refractivity contribution in [2.75, 3.05) is 17.3 Å². The average molecular weight is 258 g/mol. The van der Waals surface area contributed by atoms with Gasteiger partial charge in [-0.1, -0.05) is 11.6 Å². The second-order valence-corrected chi connectivity index (χ2v) is 4.73. The van der Waals surface area contributed by atoms with Gasteiger partial charge in [0.25, 0.3) is 5.78 Å². The van der Waals surface area contributed by atoms with Crippen molar-refractivity contribution in [3.63, 3.8) is 0 Å². The minimum atomic E-state index is 0.334. The number of aromatic nitrogens is 4. The predicted octanol–water partition coefficient (Wildman–Crippen LogP) is 1.94. The van der Waals surface area contributed by atoms with Crippen LogP contribution in [0.3, 0.4) is 0 Å². The molecule has 0 saturated carbocycles. The Kier molecular flexibility index (Phi) is 3.50. The number of nitrogens with zero attached hydrogens (tertiary/aromatic N) is 4. The Morgan fingerprint density at radius 3 is 3.19 bits per heavy atom. The Balaban J connectivity index is 2.31. The van der Waals surface area contributed by atoms with Crippen LogP contribution in [0.1, 0.15) is 6.92 Å². The lowest BCUT2D eigenvalue weighted by molar-refractivity contribution is 0.860. The molecule has 0 spiro atoms. The normalized spacial score (nSPS) is 12.9. The minimum Gasteiger partial charge on any atom is -0.367 e. The van der Waals surface area contributed by atoms with Crippen LogP contribution in [0.5, 0.6) is 0 Å². The zero-order chi connectivity index (χ0) is 11.5. The summed E-state index contributed by atoms with van der Waals surface area (Å²) in [4.78, 5) is 8.06. The van der Waals surface area contributed by atoms with Gasteiger partial charge in [-0.25, -0.2) is 0 Å². The minimum absolute atomic E-state index is 0.334. The average Bonchev–Trinajstić information content (AvgIpc) is 2.65. The SMILES string of the molecule is CSCC(C)Nc1cc(Cl)nc2ncnn12. The fraction of sp³-hybridized carbons (Fsp3) is 0.444. The number of rotatable bonds is 4. The molecular formula is C9H12ClN5S.